The lowest BCUT2D eigenvalue weighted by Gasteiger charge is -2.01. The lowest BCUT2D eigenvalue weighted by atomic mass is 10.1. The molecule has 1 heterocycles. The van der Waals surface area contributed by atoms with Gasteiger partial charge in [0, 0.05) is 18.4 Å². The topological polar surface area (TPSA) is 42.2 Å². The minimum absolute atomic E-state index is 0.00722. The van der Waals surface area contributed by atoms with Crippen LogP contribution in [0, 0.1) is 0 Å². The fourth-order valence-electron chi connectivity index (χ4n) is 1.77. The predicted molar refractivity (Wildman–Crippen MR) is 67.7 cm³/mol. The molecule has 0 aliphatic rings. The number of fused-ring (bicyclic) bond motifs is 1. The van der Waals surface area contributed by atoms with Crippen molar-refractivity contribution in [3.05, 3.63) is 48.7 Å². The van der Waals surface area contributed by atoms with E-state index in [-0.39, 0.29) is 5.91 Å². The van der Waals surface area contributed by atoms with Crippen LogP contribution in [-0.4, -0.2) is 12.5 Å². The number of carbonyl (C=O) groups is 1. The zero-order valence-electron chi connectivity index (χ0n) is 9.61. The fourth-order valence-corrected chi connectivity index (χ4v) is 1.77. The van der Waals surface area contributed by atoms with E-state index in [1.165, 1.54) is 0 Å². The average molecular weight is 229 g/mol. The monoisotopic (exact) mass is 229 g/mol. The second-order valence-corrected chi connectivity index (χ2v) is 3.85. The van der Waals surface area contributed by atoms with Crippen LogP contribution < -0.4 is 5.32 Å². The van der Waals surface area contributed by atoms with Crippen LogP contribution >= 0.6 is 0 Å². The molecule has 88 valence electrons. The summed E-state index contributed by atoms with van der Waals surface area (Å²) in [5.74, 6) is 0.00722. The Kier molecular flexibility index (Phi) is 3.60. The first-order valence-electron chi connectivity index (χ1n) is 5.64. The van der Waals surface area contributed by atoms with E-state index in [4.69, 9.17) is 4.42 Å². The lowest BCUT2D eigenvalue weighted by Crippen LogP contribution is -2.24. The van der Waals surface area contributed by atoms with Gasteiger partial charge in [0.1, 0.15) is 5.58 Å². The Morgan fingerprint density at radius 2 is 2.24 bits per heavy atom. The van der Waals surface area contributed by atoms with E-state index < -0.39 is 0 Å². The molecular weight excluding hydrogens is 214 g/mol. The maximum atomic E-state index is 11.2. The molecule has 0 bridgehead atoms. The fraction of sp³-hybridized carbons (Fsp3) is 0.214. The van der Waals surface area contributed by atoms with Crippen molar-refractivity contribution in [2.24, 2.45) is 0 Å². The molecule has 1 aromatic heterocycles. The normalized spacial score (nSPS) is 10.4. The van der Waals surface area contributed by atoms with Gasteiger partial charge in [-0.2, -0.15) is 0 Å². The van der Waals surface area contributed by atoms with Gasteiger partial charge in [-0.15, -0.1) is 6.58 Å². The average Bonchev–Trinajstić information content (AvgIpc) is 2.73. The third kappa shape index (κ3) is 2.75. The number of rotatable bonds is 5. The molecule has 3 heteroatoms. The van der Waals surface area contributed by atoms with Crippen molar-refractivity contribution in [3.8, 4) is 0 Å². The van der Waals surface area contributed by atoms with Crippen molar-refractivity contribution >= 4 is 16.9 Å². The number of hydrogen-bond donors (Lipinski definition) is 1. The second-order valence-electron chi connectivity index (χ2n) is 3.85. The quantitative estimate of drug-likeness (QED) is 0.801. The molecule has 1 amide bonds. The van der Waals surface area contributed by atoms with Crippen molar-refractivity contribution in [1.82, 2.24) is 5.32 Å². The van der Waals surface area contributed by atoms with Gasteiger partial charge < -0.3 is 9.73 Å². The van der Waals surface area contributed by atoms with E-state index in [9.17, 15) is 4.79 Å². The third-order valence-corrected chi connectivity index (χ3v) is 2.61. The van der Waals surface area contributed by atoms with Crippen molar-refractivity contribution in [2.45, 2.75) is 12.8 Å². The Morgan fingerprint density at radius 3 is 3.06 bits per heavy atom. The van der Waals surface area contributed by atoms with Crippen LogP contribution in [0.15, 0.2) is 47.6 Å². The first-order chi connectivity index (χ1) is 8.31. The molecule has 0 radical (unpaired) electrons. The first kappa shape index (κ1) is 11.5. The summed E-state index contributed by atoms with van der Waals surface area (Å²) in [6.07, 6.45) is 4.50. The highest BCUT2D eigenvalue weighted by Gasteiger charge is 2.05. The molecule has 0 atom stereocenters. The largest absolute Gasteiger partial charge is 0.464 e. The van der Waals surface area contributed by atoms with E-state index in [1.54, 1.807) is 12.3 Å². The Balaban J connectivity index is 1.95. The lowest BCUT2D eigenvalue weighted by molar-refractivity contribution is -0.120. The number of hydrogen-bond acceptors (Lipinski definition) is 2. The van der Waals surface area contributed by atoms with Gasteiger partial charge in [-0.3, -0.25) is 4.79 Å². The Morgan fingerprint density at radius 1 is 1.41 bits per heavy atom. The minimum atomic E-state index is 0.00722. The SMILES string of the molecule is C=CCC(=O)NCCc1coc2ccccc12. The molecule has 2 rings (SSSR count). The molecule has 1 N–H and O–H groups in total. The van der Waals surface area contributed by atoms with Gasteiger partial charge in [-0.25, -0.2) is 0 Å². The molecule has 17 heavy (non-hydrogen) atoms. The summed E-state index contributed by atoms with van der Waals surface area (Å²) in [5.41, 5.74) is 2.01. The number of nitrogens with one attached hydrogen (secondary N) is 1. The molecule has 0 aliphatic carbocycles. The zero-order chi connectivity index (χ0) is 12.1. The van der Waals surface area contributed by atoms with E-state index in [0.29, 0.717) is 13.0 Å². The predicted octanol–water partition coefficient (Wildman–Crippen LogP) is 2.67. The number of benzene rings is 1. The zero-order valence-corrected chi connectivity index (χ0v) is 9.61. The summed E-state index contributed by atoms with van der Waals surface area (Å²) in [4.78, 5) is 11.2. The van der Waals surface area contributed by atoms with Gasteiger partial charge in [-0.05, 0) is 18.1 Å². The molecule has 0 fully saturated rings. The van der Waals surface area contributed by atoms with E-state index in [0.717, 1.165) is 23.0 Å². The summed E-state index contributed by atoms with van der Waals surface area (Å²) in [7, 11) is 0. The molecule has 0 saturated heterocycles. The molecule has 1 aromatic carbocycles. The summed E-state index contributed by atoms with van der Waals surface area (Å²) < 4.78 is 5.43. The van der Waals surface area contributed by atoms with Gasteiger partial charge >= 0.3 is 0 Å². The Hall–Kier alpha value is -2.03. The number of carbonyl (C=O) groups excluding carboxylic acids is 1. The van der Waals surface area contributed by atoms with Crippen molar-refractivity contribution in [1.29, 1.82) is 0 Å². The number of para-hydroxylation sites is 1. The van der Waals surface area contributed by atoms with E-state index >= 15 is 0 Å². The van der Waals surface area contributed by atoms with Crippen LogP contribution in [0.4, 0.5) is 0 Å². The van der Waals surface area contributed by atoms with Gasteiger partial charge in [0.2, 0.25) is 5.91 Å². The molecule has 2 aromatic rings. The highest BCUT2D eigenvalue weighted by atomic mass is 16.3. The van der Waals surface area contributed by atoms with Gasteiger partial charge in [-0.1, -0.05) is 24.3 Å². The van der Waals surface area contributed by atoms with Gasteiger partial charge in [0.25, 0.3) is 0 Å². The first-order valence-corrected chi connectivity index (χ1v) is 5.64. The van der Waals surface area contributed by atoms with Crippen molar-refractivity contribution in [3.63, 3.8) is 0 Å². The van der Waals surface area contributed by atoms with Crippen LogP contribution in [0.2, 0.25) is 0 Å². The van der Waals surface area contributed by atoms with E-state index in [2.05, 4.69) is 11.9 Å². The summed E-state index contributed by atoms with van der Waals surface area (Å²) in [6, 6.07) is 7.90. The maximum absolute atomic E-state index is 11.2. The second kappa shape index (κ2) is 5.34. The molecule has 0 aliphatic heterocycles. The van der Waals surface area contributed by atoms with Crippen LogP contribution in [0.25, 0.3) is 11.0 Å². The Labute approximate surface area is 100 Å². The van der Waals surface area contributed by atoms with Crippen LogP contribution in [0.3, 0.4) is 0 Å². The summed E-state index contributed by atoms with van der Waals surface area (Å²) in [6.45, 7) is 4.14. The summed E-state index contributed by atoms with van der Waals surface area (Å²) in [5, 5.41) is 3.95. The third-order valence-electron chi connectivity index (χ3n) is 2.61. The van der Waals surface area contributed by atoms with Gasteiger partial charge in [0.05, 0.1) is 6.26 Å². The molecular formula is C14H15NO2. The van der Waals surface area contributed by atoms with Gasteiger partial charge in [0.15, 0.2) is 0 Å². The standard InChI is InChI=1S/C14H15NO2/c1-2-5-14(16)15-9-8-11-10-17-13-7-4-3-6-12(11)13/h2-4,6-7,10H,1,5,8-9H2,(H,15,16). The van der Waals surface area contributed by atoms with Crippen LogP contribution in [0.5, 0.6) is 0 Å². The molecule has 0 unspecified atom stereocenters. The highest BCUT2D eigenvalue weighted by molar-refractivity contribution is 5.81. The van der Waals surface area contributed by atoms with E-state index in [1.807, 2.05) is 24.3 Å². The van der Waals surface area contributed by atoms with Crippen molar-refractivity contribution in [2.75, 3.05) is 6.54 Å². The number of furan rings is 1. The molecule has 0 saturated carbocycles. The minimum Gasteiger partial charge on any atom is -0.464 e. The van der Waals surface area contributed by atoms with Crippen LogP contribution in [0.1, 0.15) is 12.0 Å². The summed E-state index contributed by atoms with van der Waals surface area (Å²) >= 11 is 0. The Bertz CT molecular complexity index is 528. The maximum Gasteiger partial charge on any atom is 0.223 e. The molecule has 3 nitrogen and oxygen atoms in total. The number of amides is 1. The van der Waals surface area contributed by atoms with Crippen molar-refractivity contribution < 1.29 is 9.21 Å². The van der Waals surface area contributed by atoms with Crippen LogP contribution in [-0.2, 0) is 11.2 Å². The smallest absolute Gasteiger partial charge is 0.223 e. The highest BCUT2D eigenvalue weighted by Crippen LogP contribution is 2.20. The molecule has 0 spiro atoms.